The Labute approximate surface area is 125 Å². The van der Waals surface area contributed by atoms with Gasteiger partial charge in [-0.3, -0.25) is 0 Å². The zero-order valence-corrected chi connectivity index (χ0v) is 13.6. The molecular weight excluding hydrogens is 292 g/mol. The van der Waals surface area contributed by atoms with Crippen molar-refractivity contribution in [2.45, 2.75) is 42.4 Å². The molecule has 2 rings (SSSR count). The van der Waals surface area contributed by atoms with E-state index < -0.39 is 10.0 Å². The number of hydrogen-bond acceptors (Lipinski definition) is 4. The number of nitrogens with one attached hydrogen (secondary N) is 2. The molecule has 0 heterocycles. The van der Waals surface area contributed by atoms with Gasteiger partial charge in [0.15, 0.2) is 0 Å². The van der Waals surface area contributed by atoms with Gasteiger partial charge >= 0.3 is 0 Å². The Hall–Kier alpha value is -0.720. The van der Waals surface area contributed by atoms with Crippen molar-refractivity contribution in [3.8, 4) is 0 Å². The molecule has 20 heavy (non-hydrogen) atoms. The second-order valence-electron chi connectivity index (χ2n) is 5.15. The van der Waals surface area contributed by atoms with Crippen molar-refractivity contribution in [2.75, 3.05) is 18.1 Å². The van der Waals surface area contributed by atoms with Crippen molar-refractivity contribution in [3.63, 3.8) is 0 Å². The SMILES string of the molecule is CSC(C)CCNc1ccccc1S(=O)(=O)NC1CC1. The van der Waals surface area contributed by atoms with Crippen LogP contribution in [-0.2, 0) is 10.0 Å². The molecule has 1 fully saturated rings. The first-order valence-electron chi connectivity index (χ1n) is 6.91. The summed E-state index contributed by atoms with van der Waals surface area (Å²) in [7, 11) is -3.40. The number of rotatable bonds is 8. The standard InChI is InChI=1S/C14H22N2O2S2/c1-11(19-2)9-10-15-13-5-3-4-6-14(13)20(17,18)16-12-7-8-12/h3-6,11-12,15-16H,7-10H2,1-2H3. The van der Waals surface area contributed by atoms with Crippen LogP contribution in [0.3, 0.4) is 0 Å². The highest BCUT2D eigenvalue weighted by Gasteiger charge is 2.29. The number of para-hydroxylation sites is 1. The van der Waals surface area contributed by atoms with E-state index in [1.165, 1.54) is 0 Å². The summed E-state index contributed by atoms with van der Waals surface area (Å²) in [4.78, 5) is 0.351. The molecule has 0 saturated heterocycles. The Morgan fingerprint density at radius 3 is 2.70 bits per heavy atom. The van der Waals surface area contributed by atoms with E-state index in [0.29, 0.717) is 15.8 Å². The maximum Gasteiger partial charge on any atom is 0.242 e. The van der Waals surface area contributed by atoms with Crippen molar-refractivity contribution < 1.29 is 8.42 Å². The maximum atomic E-state index is 12.3. The molecule has 0 aromatic heterocycles. The molecule has 2 N–H and O–H groups in total. The van der Waals surface area contributed by atoms with Crippen LogP contribution in [0.4, 0.5) is 5.69 Å². The molecule has 1 aliphatic rings. The van der Waals surface area contributed by atoms with Crippen molar-refractivity contribution >= 4 is 27.5 Å². The second kappa shape index (κ2) is 6.83. The lowest BCUT2D eigenvalue weighted by Crippen LogP contribution is -2.26. The molecule has 1 saturated carbocycles. The quantitative estimate of drug-likeness (QED) is 0.774. The molecule has 0 aliphatic heterocycles. The van der Waals surface area contributed by atoms with Gasteiger partial charge in [-0.05, 0) is 37.7 Å². The minimum Gasteiger partial charge on any atom is -0.384 e. The fourth-order valence-electron chi connectivity index (χ4n) is 1.86. The Morgan fingerprint density at radius 1 is 1.35 bits per heavy atom. The summed E-state index contributed by atoms with van der Waals surface area (Å²) in [5.74, 6) is 0. The van der Waals surface area contributed by atoms with Crippen molar-refractivity contribution in [3.05, 3.63) is 24.3 Å². The Morgan fingerprint density at radius 2 is 2.05 bits per heavy atom. The van der Waals surface area contributed by atoms with Gasteiger partial charge in [-0.1, -0.05) is 19.1 Å². The summed E-state index contributed by atoms with van der Waals surface area (Å²) in [6.07, 6.45) is 4.98. The molecule has 112 valence electrons. The predicted octanol–water partition coefficient (Wildman–Crippen LogP) is 2.68. The Balaban J connectivity index is 2.05. The highest BCUT2D eigenvalue weighted by atomic mass is 32.2. The molecule has 0 bridgehead atoms. The first-order valence-corrected chi connectivity index (χ1v) is 9.68. The average Bonchev–Trinajstić information content (AvgIpc) is 3.22. The zero-order valence-electron chi connectivity index (χ0n) is 11.9. The number of hydrogen-bond donors (Lipinski definition) is 2. The number of thioether (sulfide) groups is 1. The van der Waals surface area contributed by atoms with E-state index in [1.54, 1.807) is 12.1 Å². The van der Waals surface area contributed by atoms with E-state index in [2.05, 4.69) is 23.2 Å². The molecule has 0 radical (unpaired) electrons. The molecular formula is C14H22N2O2S2. The first-order chi connectivity index (χ1) is 9.53. The summed E-state index contributed by atoms with van der Waals surface area (Å²) in [5, 5.41) is 3.81. The van der Waals surface area contributed by atoms with Crippen molar-refractivity contribution in [1.82, 2.24) is 4.72 Å². The minimum atomic E-state index is -3.40. The van der Waals surface area contributed by atoms with E-state index in [1.807, 2.05) is 23.9 Å². The monoisotopic (exact) mass is 314 g/mol. The normalized spacial score (nSPS) is 16.9. The molecule has 0 spiro atoms. The van der Waals surface area contributed by atoms with Crippen LogP contribution in [0.1, 0.15) is 26.2 Å². The third kappa shape index (κ3) is 4.40. The fraction of sp³-hybridized carbons (Fsp3) is 0.571. The van der Waals surface area contributed by atoms with Crippen LogP contribution in [-0.4, -0.2) is 32.5 Å². The van der Waals surface area contributed by atoms with E-state index in [-0.39, 0.29) is 6.04 Å². The predicted molar refractivity (Wildman–Crippen MR) is 85.9 cm³/mol. The van der Waals surface area contributed by atoms with Gasteiger partial charge in [-0.2, -0.15) is 11.8 Å². The third-order valence-corrected chi connectivity index (χ3v) is 5.96. The Kier molecular flexibility index (Phi) is 5.35. The van der Waals surface area contributed by atoms with Crippen molar-refractivity contribution in [1.29, 1.82) is 0 Å². The van der Waals surface area contributed by atoms with E-state index >= 15 is 0 Å². The van der Waals surface area contributed by atoms with Gasteiger partial charge in [-0.15, -0.1) is 0 Å². The lowest BCUT2D eigenvalue weighted by atomic mass is 10.3. The molecule has 0 amide bonds. The van der Waals surface area contributed by atoms with Gasteiger partial charge in [0.2, 0.25) is 10.0 Å². The van der Waals surface area contributed by atoms with E-state index in [9.17, 15) is 8.42 Å². The van der Waals surface area contributed by atoms with E-state index in [4.69, 9.17) is 0 Å². The van der Waals surface area contributed by atoms with Crippen molar-refractivity contribution in [2.24, 2.45) is 0 Å². The third-order valence-electron chi connectivity index (χ3n) is 3.34. The van der Waals surface area contributed by atoms with Gasteiger partial charge in [-0.25, -0.2) is 13.1 Å². The molecule has 1 unspecified atom stereocenters. The van der Waals surface area contributed by atoms with Gasteiger partial charge in [0.05, 0.1) is 5.69 Å². The highest BCUT2D eigenvalue weighted by molar-refractivity contribution is 7.99. The van der Waals surface area contributed by atoms with Gasteiger partial charge in [0.25, 0.3) is 0 Å². The topological polar surface area (TPSA) is 58.2 Å². The van der Waals surface area contributed by atoms with Crippen LogP contribution in [0.2, 0.25) is 0 Å². The lowest BCUT2D eigenvalue weighted by Gasteiger charge is -2.14. The second-order valence-corrected chi connectivity index (χ2v) is 8.11. The number of benzene rings is 1. The van der Waals surface area contributed by atoms with Crippen LogP contribution in [0.15, 0.2) is 29.2 Å². The summed E-state index contributed by atoms with van der Waals surface area (Å²) >= 11 is 1.82. The summed E-state index contributed by atoms with van der Waals surface area (Å²) in [6.45, 7) is 2.95. The first kappa shape index (κ1) is 15.7. The van der Waals surface area contributed by atoms with Crippen LogP contribution in [0.5, 0.6) is 0 Å². The van der Waals surface area contributed by atoms with Crippen LogP contribution in [0, 0.1) is 0 Å². The van der Waals surface area contributed by atoms with Crippen LogP contribution in [0.25, 0.3) is 0 Å². The summed E-state index contributed by atoms with van der Waals surface area (Å²) in [6, 6.07) is 7.23. The molecule has 1 aromatic carbocycles. The average molecular weight is 314 g/mol. The van der Waals surface area contributed by atoms with E-state index in [0.717, 1.165) is 25.8 Å². The largest absolute Gasteiger partial charge is 0.384 e. The molecule has 1 aliphatic carbocycles. The molecule has 1 aromatic rings. The molecule has 1 atom stereocenters. The fourth-order valence-corrected chi connectivity index (χ4v) is 3.70. The summed E-state index contributed by atoms with van der Waals surface area (Å²) < 4.78 is 27.3. The number of sulfonamides is 1. The van der Waals surface area contributed by atoms with Gasteiger partial charge < -0.3 is 5.32 Å². The van der Waals surface area contributed by atoms with Crippen LogP contribution >= 0.6 is 11.8 Å². The smallest absolute Gasteiger partial charge is 0.242 e. The Bertz CT molecular complexity index is 542. The highest BCUT2D eigenvalue weighted by Crippen LogP contribution is 2.26. The minimum absolute atomic E-state index is 0.129. The van der Waals surface area contributed by atoms with Gasteiger partial charge in [0, 0.05) is 17.8 Å². The summed E-state index contributed by atoms with van der Waals surface area (Å²) in [5.41, 5.74) is 0.689. The van der Waals surface area contributed by atoms with Gasteiger partial charge in [0.1, 0.15) is 4.90 Å². The molecule has 6 heteroatoms. The number of anilines is 1. The lowest BCUT2D eigenvalue weighted by molar-refractivity contribution is 0.581. The van der Waals surface area contributed by atoms with Crippen LogP contribution < -0.4 is 10.0 Å². The maximum absolute atomic E-state index is 12.3. The zero-order chi connectivity index (χ0) is 14.6. The molecule has 4 nitrogen and oxygen atoms in total.